The van der Waals surface area contributed by atoms with Gasteiger partial charge in [0.1, 0.15) is 18.2 Å². The van der Waals surface area contributed by atoms with E-state index in [1.54, 1.807) is 18.3 Å². The number of hydrogen-bond donors (Lipinski definition) is 1. The van der Waals surface area contributed by atoms with Crippen molar-refractivity contribution in [3.63, 3.8) is 0 Å². The highest BCUT2D eigenvalue weighted by Gasteiger charge is 2.17. The van der Waals surface area contributed by atoms with Gasteiger partial charge in [0.25, 0.3) is 5.91 Å². The first kappa shape index (κ1) is 15.2. The zero-order valence-corrected chi connectivity index (χ0v) is 14.4. The summed E-state index contributed by atoms with van der Waals surface area (Å²) in [5, 5.41) is 4.07. The fourth-order valence-corrected chi connectivity index (χ4v) is 3.83. The van der Waals surface area contributed by atoms with Gasteiger partial charge in [0.2, 0.25) is 0 Å². The van der Waals surface area contributed by atoms with E-state index in [9.17, 15) is 4.79 Å². The number of pyridine rings is 1. The van der Waals surface area contributed by atoms with Gasteiger partial charge < -0.3 is 9.47 Å². The molecule has 1 aliphatic heterocycles. The highest BCUT2D eigenvalue weighted by atomic mass is 32.2. The molecule has 8 heteroatoms. The molecule has 2 aromatic heterocycles. The second-order valence-electron chi connectivity index (χ2n) is 5.00. The molecule has 0 bridgehead atoms. The van der Waals surface area contributed by atoms with Crippen LogP contribution in [0.25, 0.3) is 10.2 Å². The van der Waals surface area contributed by atoms with Crippen molar-refractivity contribution in [1.29, 1.82) is 0 Å². The normalized spacial score (nSPS) is 13.0. The van der Waals surface area contributed by atoms with Gasteiger partial charge in [0, 0.05) is 18.3 Å². The summed E-state index contributed by atoms with van der Waals surface area (Å²) < 4.78 is 12.1. The summed E-state index contributed by atoms with van der Waals surface area (Å²) in [4.78, 5) is 21.2. The molecule has 6 nitrogen and oxygen atoms in total. The summed E-state index contributed by atoms with van der Waals surface area (Å²) in [6.45, 7) is 1.07. The van der Waals surface area contributed by atoms with E-state index in [4.69, 9.17) is 9.47 Å². The minimum absolute atomic E-state index is 0.219. The molecule has 4 rings (SSSR count). The fraction of sp³-hybridized carbons (Fsp3) is 0.188. The Morgan fingerprint density at radius 3 is 2.88 bits per heavy atom. The Labute approximate surface area is 146 Å². The van der Waals surface area contributed by atoms with Crippen molar-refractivity contribution in [2.75, 3.05) is 24.8 Å². The van der Waals surface area contributed by atoms with Gasteiger partial charge in [-0.1, -0.05) is 11.3 Å². The van der Waals surface area contributed by atoms with E-state index in [0.29, 0.717) is 40.4 Å². The minimum atomic E-state index is -0.219. The zero-order valence-electron chi connectivity index (χ0n) is 12.7. The topological polar surface area (TPSA) is 73.3 Å². The molecule has 122 valence electrons. The Bertz CT molecular complexity index is 883. The van der Waals surface area contributed by atoms with Gasteiger partial charge in [0.15, 0.2) is 16.6 Å². The first-order valence-corrected chi connectivity index (χ1v) is 9.29. The standard InChI is InChI=1S/C16H13N3O3S2/c1-23-15-9(3-2-4-17-15)14(20)19-16-18-10-7-11-12(8-13(10)24-16)22-6-5-21-11/h2-4,7-8H,5-6H2,1H3,(H,18,19,20). The second-order valence-corrected chi connectivity index (χ2v) is 6.82. The number of nitrogens with zero attached hydrogens (tertiary/aromatic N) is 2. The molecule has 24 heavy (non-hydrogen) atoms. The van der Waals surface area contributed by atoms with Crippen LogP contribution >= 0.6 is 23.1 Å². The monoisotopic (exact) mass is 359 g/mol. The first-order valence-electron chi connectivity index (χ1n) is 7.25. The Kier molecular flexibility index (Phi) is 3.99. The van der Waals surface area contributed by atoms with Crippen molar-refractivity contribution in [2.45, 2.75) is 5.03 Å². The van der Waals surface area contributed by atoms with E-state index in [-0.39, 0.29) is 5.91 Å². The highest BCUT2D eigenvalue weighted by Crippen LogP contribution is 2.38. The van der Waals surface area contributed by atoms with Gasteiger partial charge in [-0.2, -0.15) is 0 Å². The van der Waals surface area contributed by atoms with Crippen LogP contribution < -0.4 is 14.8 Å². The summed E-state index contributed by atoms with van der Waals surface area (Å²) in [5.41, 5.74) is 1.31. The lowest BCUT2D eigenvalue weighted by Gasteiger charge is -2.17. The van der Waals surface area contributed by atoms with Gasteiger partial charge in [-0.3, -0.25) is 10.1 Å². The van der Waals surface area contributed by atoms with Gasteiger partial charge in [-0.15, -0.1) is 11.8 Å². The summed E-state index contributed by atoms with van der Waals surface area (Å²) in [7, 11) is 0. The molecular weight excluding hydrogens is 346 g/mol. The molecule has 1 N–H and O–H groups in total. The Balaban J connectivity index is 1.63. The van der Waals surface area contributed by atoms with E-state index in [0.717, 1.165) is 10.2 Å². The number of ether oxygens (including phenoxy) is 2. The maximum atomic E-state index is 12.5. The van der Waals surface area contributed by atoms with Crippen LogP contribution in [-0.2, 0) is 0 Å². The van der Waals surface area contributed by atoms with Crippen LogP contribution in [0.3, 0.4) is 0 Å². The molecule has 0 unspecified atom stereocenters. The predicted octanol–water partition coefficient (Wildman–Crippen LogP) is 3.44. The molecule has 0 spiro atoms. The van der Waals surface area contributed by atoms with Crippen LogP contribution in [0, 0.1) is 0 Å². The van der Waals surface area contributed by atoms with Crippen molar-refractivity contribution in [3.8, 4) is 11.5 Å². The average Bonchev–Trinajstić information content (AvgIpc) is 3.00. The van der Waals surface area contributed by atoms with Gasteiger partial charge in [-0.05, 0) is 18.4 Å². The molecule has 3 aromatic rings. The fourth-order valence-electron chi connectivity index (χ4n) is 2.41. The number of benzene rings is 1. The number of carbonyl (C=O) groups excluding carboxylic acids is 1. The van der Waals surface area contributed by atoms with Crippen LogP contribution in [0.2, 0.25) is 0 Å². The summed E-state index contributed by atoms with van der Waals surface area (Å²) >= 11 is 2.83. The van der Waals surface area contributed by atoms with Crippen molar-refractivity contribution in [3.05, 3.63) is 36.0 Å². The quantitative estimate of drug-likeness (QED) is 0.722. The van der Waals surface area contributed by atoms with E-state index in [2.05, 4.69) is 15.3 Å². The van der Waals surface area contributed by atoms with E-state index < -0.39 is 0 Å². The molecule has 1 aliphatic rings. The maximum Gasteiger partial charge on any atom is 0.260 e. The summed E-state index contributed by atoms with van der Waals surface area (Å²) in [6, 6.07) is 7.24. The third-order valence-corrected chi connectivity index (χ3v) is 5.13. The number of hydrogen-bond acceptors (Lipinski definition) is 7. The predicted molar refractivity (Wildman–Crippen MR) is 94.6 cm³/mol. The first-order chi connectivity index (χ1) is 11.7. The molecule has 0 aliphatic carbocycles. The van der Waals surface area contributed by atoms with Crippen molar-refractivity contribution in [1.82, 2.24) is 9.97 Å². The lowest BCUT2D eigenvalue weighted by Crippen LogP contribution is -2.15. The molecule has 3 heterocycles. The molecule has 1 amide bonds. The minimum Gasteiger partial charge on any atom is -0.486 e. The molecular formula is C16H13N3O3S2. The van der Waals surface area contributed by atoms with Crippen LogP contribution in [0.4, 0.5) is 5.13 Å². The van der Waals surface area contributed by atoms with E-state index >= 15 is 0 Å². The second kappa shape index (κ2) is 6.29. The van der Waals surface area contributed by atoms with Crippen LogP contribution in [0.1, 0.15) is 10.4 Å². The van der Waals surface area contributed by atoms with E-state index in [1.807, 2.05) is 18.4 Å². The lowest BCUT2D eigenvalue weighted by atomic mass is 10.3. The van der Waals surface area contributed by atoms with Crippen molar-refractivity contribution < 1.29 is 14.3 Å². The van der Waals surface area contributed by atoms with Crippen LogP contribution in [-0.4, -0.2) is 35.3 Å². The molecule has 0 radical (unpaired) electrons. The number of anilines is 1. The molecule has 0 saturated carbocycles. The third kappa shape index (κ3) is 2.78. The smallest absolute Gasteiger partial charge is 0.260 e. The number of fused-ring (bicyclic) bond motifs is 2. The number of thioether (sulfide) groups is 1. The van der Waals surface area contributed by atoms with E-state index in [1.165, 1.54) is 23.1 Å². The number of carbonyl (C=O) groups is 1. The lowest BCUT2D eigenvalue weighted by molar-refractivity contribution is 0.102. The number of amides is 1. The van der Waals surface area contributed by atoms with Gasteiger partial charge in [0.05, 0.1) is 15.8 Å². The number of thiazole rings is 1. The van der Waals surface area contributed by atoms with Crippen molar-refractivity contribution in [2.24, 2.45) is 0 Å². The summed E-state index contributed by atoms with van der Waals surface area (Å²) in [6.07, 6.45) is 3.56. The van der Waals surface area contributed by atoms with Gasteiger partial charge in [-0.25, -0.2) is 9.97 Å². The zero-order chi connectivity index (χ0) is 16.5. The Hall–Kier alpha value is -2.32. The number of rotatable bonds is 3. The Morgan fingerprint density at radius 1 is 1.29 bits per heavy atom. The van der Waals surface area contributed by atoms with Crippen molar-refractivity contribution >= 4 is 44.4 Å². The third-order valence-electron chi connectivity index (χ3n) is 3.48. The molecule has 0 saturated heterocycles. The number of nitrogens with one attached hydrogen (secondary N) is 1. The Morgan fingerprint density at radius 2 is 2.08 bits per heavy atom. The van der Waals surface area contributed by atoms with Gasteiger partial charge >= 0.3 is 0 Å². The summed E-state index contributed by atoms with van der Waals surface area (Å²) in [5.74, 6) is 1.19. The highest BCUT2D eigenvalue weighted by molar-refractivity contribution is 7.98. The molecule has 0 atom stereocenters. The average molecular weight is 359 g/mol. The molecule has 0 fully saturated rings. The SMILES string of the molecule is CSc1ncccc1C(=O)Nc1nc2cc3c(cc2s1)OCCO3. The molecule has 1 aromatic carbocycles. The number of aromatic nitrogens is 2. The largest absolute Gasteiger partial charge is 0.486 e. The maximum absolute atomic E-state index is 12.5. The van der Waals surface area contributed by atoms with Crippen LogP contribution in [0.5, 0.6) is 11.5 Å². The van der Waals surface area contributed by atoms with Crippen LogP contribution in [0.15, 0.2) is 35.5 Å².